The van der Waals surface area contributed by atoms with Gasteiger partial charge in [0, 0.05) is 12.7 Å². The molecule has 2 aromatic heterocycles. The van der Waals surface area contributed by atoms with Crippen molar-refractivity contribution in [2.75, 3.05) is 26.7 Å². The van der Waals surface area contributed by atoms with Gasteiger partial charge in [0.25, 0.3) is 0 Å². The molecule has 0 amide bonds. The molecule has 108 valence electrons. The summed E-state index contributed by atoms with van der Waals surface area (Å²) in [5.74, 6) is 1.58. The zero-order chi connectivity index (χ0) is 13.9. The Balaban J connectivity index is 1.77. The Morgan fingerprint density at radius 3 is 3.10 bits per heavy atom. The summed E-state index contributed by atoms with van der Waals surface area (Å²) < 4.78 is 7.42. The number of piperidine rings is 1. The number of hydrogen-bond donors (Lipinski definition) is 0. The van der Waals surface area contributed by atoms with E-state index in [9.17, 15) is 0 Å². The number of methoxy groups -OCH3 is 1. The highest BCUT2D eigenvalue weighted by Crippen LogP contribution is 2.22. The van der Waals surface area contributed by atoms with Gasteiger partial charge in [-0.2, -0.15) is 0 Å². The van der Waals surface area contributed by atoms with Gasteiger partial charge in [0.1, 0.15) is 5.65 Å². The lowest BCUT2D eigenvalue weighted by Gasteiger charge is -2.31. The van der Waals surface area contributed by atoms with E-state index in [4.69, 9.17) is 9.72 Å². The van der Waals surface area contributed by atoms with E-state index >= 15 is 0 Å². The van der Waals surface area contributed by atoms with Gasteiger partial charge in [-0.3, -0.25) is 4.40 Å². The second-order valence-electron chi connectivity index (χ2n) is 5.63. The number of ether oxygens (including phenoxy) is 1. The lowest BCUT2D eigenvalue weighted by atomic mass is 9.94. The van der Waals surface area contributed by atoms with Crippen LogP contribution in [0, 0.1) is 5.92 Å². The highest BCUT2D eigenvalue weighted by atomic mass is 16.5. The fraction of sp³-hybridized carbons (Fsp3) is 0.562. The van der Waals surface area contributed by atoms with Crippen molar-refractivity contribution in [3.63, 3.8) is 0 Å². The van der Waals surface area contributed by atoms with Crippen LogP contribution in [-0.2, 0) is 6.42 Å². The van der Waals surface area contributed by atoms with E-state index in [1.165, 1.54) is 31.6 Å². The molecule has 2 aromatic rings. The van der Waals surface area contributed by atoms with Crippen LogP contribution < -0.4 is 4.74 Å². The Morgan fingerprint density at radius 2 is 2.30 bits per heavy atom. The molecule has 3 heterocycles. The summed E-state index contributed by atoms with van der Waals surface area (Å²) in [6, 6.07) is 5.99. The summed E-state index contributed by atoms with van der Waals surface area (Å²) in [7, 11) is 1.70. The predicted octanol–water partition coefficient (Wildman–Crippen LogP) is 2.62. The Bertz CT molecular complexity index is 578. The molecule has 1 atom stereocenters. The van der Waals surface area contributed by atoms with Gasteiger partial charge in [-0.05, 0) is 50.4 Å². The summed E-state index contributed by atoms with van der Waals surface area (Å²) >= 11 is 0. The summed E-state index contributed by atoms with van der Waals surface area (Å²) in [6.07, 6.45) is 5.83. The number of aromatic nitrogens is 2. The minimum absolute atomic E-state index is 0.736. The van der Waals surface area contributed by atoms with Gasteiger partial charge in [0.15, 0.2) is 5.88 Å². The van der Waals surface area contributed by atoms with Gasteiger partial charge in [-0.1, -0.05) is 13.0 Å². The largest absolute Gasteiger partial charge is 0.482 e. The second-order valence-corrected chi connectivity index (χ2v) is 5.63. The van der Waals surface area contributed by atoms with Crippen LogP contribution >= 0.6 is 0 Å². The molecule has 0 radical (unpaired) electrons. The molecule has 1 unspecified atom stereocenters. The number of nitrogens with zero attached hydrogens (tertiary/aromatic N) is 3. The fourth-order valence-electron chi connectivity index (χ4n) is 3.20. The van der Waals surface area contributed by atoms with Crippen molar-refractivity contribution in [2.45, 2.75) is 26.2 Å². The van der Waals surface area contributed by atoms with E-state index in [2.05, 4.69) is 18.0 Å². The maximum Gasteiger partial charge on any atom is 0.198 e. The molecule has 0 aromatic carbocycles. The van der Waals surface area contributed by atoms with Crippen LogP contribution in [0.1, 0.15) is 25.5 Å². The molecule has 0 spiro atoms. The van der Waals surface area contributed by atoms with Crippen molar-refractivity contribution in [1.29, 1.82) is 0 Å². The Hall–Kier alpha value is -1.55. The number of imidazole rings is 1. The Kier molecular flexibility index (Phi) is 3.92. The number of hydrogen-bond acceptors (Lipinski definition) is 3. The summed E-state index contributed by atoms with van der Waals surface area (Å²) in [5, 5.41) is 0. The van der Waals surface area contributed by atoms with E-state index < -0.39 is 0 Å². The molecule has 1 aliphatic rings. The van der Waals surface area contributed by atoms with Crippen LogP contribution in [0.25, 0.3) is 5.65 Å². The van der Waals surface area contributed by atoms with E-state index in [0.717, 1.165) is 30.4 Å². The van der Waals surface area contributed by atoms with Gasteiger partial charge >= 0.3 is 0 Å². The minimum atomic E-state index is 0.736. The first-order chi connectivity index (χ1) is 9.80. The normalized spacial score (nSPS) is 20.4. The minimum Gasteiger partial charge on any atom is -0.482 e. The molecule has 4 nitrogen and oxygen atoms in total. The molecule has 0 bridgehead atoms. The van der Waals surface area contributed by atoms with Crippen molar-refractivity contribution >= 4 is 5.65 Å². The molecule has 1 fully saturated rings. The number of fused-ring (bicyclic) bond motifs is 1. The molecule has 3 rings (SSSR count). The predicted molar refractivity (Wildman–Crippen MR) is 80.3 cm³/mol. The molecular formula is C16H23N3O. The molecule has 1 aliphatic heterocycles. The van der Waals surface area contributed by atoms with Crippen LogP contribution in [0.3, 0.4) is 0 Å². The average Bonchev–Trinajstić information content (AvgIpc) is 2.89. The smallest absolute Gasteiger partial charge is 0.198 e. The highest BCUT2D eigenvalue weighted by Gasteiger charge is 2.20. The zero-order valence-electron chi connectivity index (χ0n) is 12.4. The third-order valence-corrected chi connectivity index (χ3v) is 4.26. The summed E-state index contributed by atoms with van der Waals surface area (Å²) in [4.78, 5) is 7.28. The van der Waals surface area contributed by atoms with Crippen molar-refractivity contribution in [2.24, 2.45) is 5.92 Å². The average molecular weight is 273 g/mol. The van der Waals surface area contributed by atoms with E-state index in [0.29, 0.717) is 0 Å². The molecule has 20 heavy (non-hydrogen) atoms. The lowest BCUT2D eigenvalue weighted by Crippen LogP contribution is -2.35. The highest BCUT2D eigenvalue weighted by molar-refractivity contribution is 5.43. The molecule has 1 saturated heterocycles. The van der Waals surface area contributed by atoms with Crippen LogP contribution in [0.5, 0.6) is 5.88 Å². The zero-order valence-corrected chi connectivity index (χ0v) is 12.4. The summed E-state index contributed by atoms with van der Waals surface area (Å²) in [5.41, 5.74) is 2.15. The van der Waals surface area contributed by atoms with E-state index in [1.54, 1.807) is 7.11 Å². The Labute approximate surface area is 120 Å². The summed E-state index contributed by atoms with van der Waals surface area (Å²) in [6.45, 7) is 5.88. The fourth-order valence-corrected chi connectivity index (χ4v) is 3.20. The maximum atomic E-state index is 5.38. The Morgan fingerprint density at radius 1 is 1.40 bits per heavy atom. The molecule has 4 heteroatoms. The van der Waals surface area contributed by atoms with Gasteiger partial charge < -0.3 is 9.64 Å². The molecule has 0 saturated carbocycles. The third-order valence-electron chi connectivity index (χ3n) is 4.26. The lowest BCUT2D eigenvalue weighted by molar-refractivity contribution is 0.181. The van der Waals surface area contributed by atoms with Crippen LogP contribution in [-0.4, -0.2) is 41.0 Å². The number of pyridine rings is 1. The monoisotopic (exact) mass is 273 g/mol. The van der Waals surface area contributed by atoms with E-state index in [1.807, 2.05) is 22.6 Å². The quantitative estimate of drug-likeness (QED) is 0.857. The van der Waals surface area contributed by atoms with Crippen LogP contribution in [0.15, 0.2) is 24.4 Å². The van der Waals surface area contributed by atoms with Crippen molar-refractivity contribution in [1.82, 2.24) is 14.3 Å². The first kappa shape index (κ1) is 13.4. The number of likely N-dealkylation sites (tertiary alicyclic amines) is 1. The van der Waals surface area contributed by atoms with Crippen molar-refractivity contribution in [3.8, 4) is 5.88 Å². The van der Waals surface area contributed by atoms with Crippen molar-refractivity contribution in [3.05, 3.63) is 30.1 Å². The second kappa shape index (κ2) is 5.83. The van der Waals surface area contributed by atoms with E-state index in [-0.39, 0.29) is 0 Å². The number of rotatable bonds is 4. The first-order valence-electron chi connectivity index (χ1n) is 7.53. The molecule has 0 N–H and O–H groups in total. The van der Waals surface area contributed by atoms with Crippen molar-refractivity contribution < 1.29 is 4.74 Å². The topological polar surface area (TPSA) is 29.8 Å². The SMILES string of the molecule is CCN1CCCC(Cc2cn3c(OC)cccc3n2)C1. The molecule has 0 aliphatic carbocycles. The third kappa shape index (κ3) is 2.66. The van der Waals surface area contributed by atoms with Gasteiger partial charge in [-0.25, -0.2) is 4.98 Å². The maximum absolute atomic E-state index is 5.38. The molecular weight excluding hydrogens is 250 g/mol. The van der Waals surface area contributed by atoms with Crippen LogP contribution in [0.4, 0.5) is 0 Å². The standard InChI is InChI=1S/C16H23N3O/c1-3-18-9-5-6-13(11-18)10-14-12-19-15(17-14)7-4-8-16(19)20-2/h4,7-8,12-13H,3,5-6,9-11H2,1-2H3. The van der Waals surface area contributed by atoms with Gasteiger partial charge in [0.05, 0.1) is 12.8 Å². The van der Waals surface area contributed by atoms with Crippen LogP contribution in [0.2, 0.25) is 0 Å². The van der Waals surface area contributed by atoms with Gasteiger partial charge in [0.2, 0.25) is 0 Å². The van der Waals surface area contributed by atoms with Gasteiger partial charge in [-0.15, -0.1) is 0 Å². The first-order valence-corrected chi connectivity index (χ1v) is 7.53.